The van der Waals surface area contributed by atoms with Crippen LogP contribution in [0.2, 0.25) is 0 Å². The molecule has 0 aliphatic heterocycles. The predicted octanol–water partition coefficient (Wildman–Crippen LogP) is 4.39. The molecule has 0 spiro atoms. The first-order chi connectivity index (χ1) is 10.2. The van der Waals surface area contributed by atoms with Gasteiger partial charge in [0.25, 0.3) is 0 Å². The molecule has 0 aliphatic carbocycles. The molecule has 2 aromatic carbocycles. The van der Waals surface area contributed by atoms with Crippen LogP contribution in [0.15, 0.2) is 54.6 Å². The van der Waals surface area contributed by atoms with Crippen LogP contribution in [0.1, 0.15) is 37.3 Å². The second-order valence-corrected chi connectivity index (χ2v) is 5.71. The summed E-state index contributed by atoms with van der Waals surface area (Å²) in [6.07, 6.45) is 0.791. The van der Waals surface area contributed by atoms with Gasteiger partial charge in [0.15, 0.2) is 0 Å². The first kappa shape index (κ1) is 15.6. The highest BCUT2D eigenvalue weighted by Gasteiger charge is 2.15. The number of hydrogen-bond donors (Lipinski definition) is 1. The summed E-state index contributed by atoms with van der Waals surface area (Å²) in [5.74, 6) is 1.76. The average Bonchev–Trinajstić information content (AvgIpc) is 2.51. The lowest BCUT2D eigenvalue weighted by Gasteiger charge is -2.21. The van der Waals surface area contributed by atoms with Gasteiger partial charge < -0.3 is 9.84 Å². The molecule has 0 saturated carbocycles. The second-order valence-electron chi connectivity index (χ2n) is 5.71. The topological polar surface area (TPSA) is 29.5 Å². The molecule has 0 unspecified atom stereocenters. The molecular weight excluding hydrogens is 260 g/mol. The highest BCUT2D eigenvalue weighted by Crippen LogP contribution is 2.30. The normalized spacial score (nSPS) is 12.4. The third-order valence-electron chi connectivity index (χ3n) is 3.78. The van der Waals surface area contributed by atoms with E-state index in [-0.39, 0.29) is 6.61 Å². The van der Waals surface area contributed by atoms with Crippen LogP contribution >= 0.6 is 0 Å². The molecule has 2 aromatic rings. The molecule has 21 heavy (non-hydrogen) atoms. The van der Waals surface area contributed by atoms with Crippen LogP contribution in [-0.4, -0.2) is 11.7 Å². The zero-order chi connectivity index (χ0) is 15.1. The van der Waals surface area contributed by atoms with E-state index in [0.29, 0.717) is 18.4 Å². The van der Waals surface area contributed by atoms with Gasteiger partial charge in [0.2, 0.25) is 0 Å². The van der Waals surface area contributed by atoms with Crippen molar-refractivity contribution in [2.24, 2.45) is 5.92 Å². The first-order valence-corrected chi connectivity index (χ1v) is 7.58. The number of aliphatic hydroxyl groups excluding tert-OH is 1. The Morgan fingerprint density at radius 2 is 1.76 bits per heavy atom. The molecule has 112 valence electrons. The Morgan fingerprint density at radius 1 is 1.00 bits per heavy atom. The van der Waals surface area contributed by atoms with E-state index in [2.05, 4.69) is 38.1 Å². The molecule has 1 N–H and O–H groups in total. The van der Waals surface area contributed by atoms with Gasteiger partial charge in [-0.3, -0.25) is 0 Å². The van der Waals surface area contributed by atoms with E-state index in [1.807, 2.05) is 30.3 Å². The van der Waals surface area contributed by atoms with Crippen molar-refractivity contribution < 1.29 is 9.84 Å². The van der Waals surface area contributed by atoms with E-state index >= 15 is 0 Å². The van der Waals surface area contributed by atoms with Gasteiger partial charge in [0.05, 0.1) is 0 Å². The summed E-state index contributed by atoms with van der Waals surface area (Å²) < 4.78 is 5.88. The van der Waals surface area contributed by atoms with Crippen molar-refractivity contribution in [3.8, 4) is 5.75 Å². The smallest absolute Gasteiger partial charge is 0.120 e. The number of ether oxygens (including phenoxy) is 1. The standard InChI is InChI=1S/C19H24O2/c1-15(2)19(11-12-20)17-9-6-10-18(13-17)21-14-16-7-4-3-5-8-16/h3-10,13,15,19-20H,11-12,14H2,1-2H3/t19-/m1/s1. The third kappa shape index (κ3) is 4.61. The van der Waals surface area contributed by atoms with Crippen LogP contribution < -0.4 is 4.74 Å². The van der Waals surface area contributed by atoms with Gasteiger partial charge in [-0.15, -0.1) is 0 Å². The Bertz CT molecular complexity index is 534. The Labute approximate surface area is 127 Å². The molecule has 1 atom stereocenters. The van der Waals surface area contributed by atoms with Crippen LogP contribution in [0.25, 0.3) is 0 Å². The van der Waals surface area contributed by atoms with E-state index in [0.717, 1.165) is 12.2 Å². The third-order valence-corrected chi connectivity index (χ3v) is 3.78. The Balaban J connectivity index is 2.06. The van der Waals surface area contributed by atoms with Crippen molar-refractivity contribution in [1.82, 2.24) is 0 Å². The minimum absolute atomic E-state index is 0.220. The highest BCUT2D eigenvalue weighted by atomic mass is 16.5. The summed E-state index contributed by atoms with van der Waals surface area (Å²) >= 11 is 0. The fourth-order valence-corrected chi connectivity index (χ4v) is 2.60. The van der Waals surface area contributed by atoms with Crippen LogP contribution in [0.4, 0.5) is 0 Å². The maximum absolute atomic E-state index is 9.24. The Hall–Kier alpha value is -1.80. The van der Waals surface area contributed by atoms with Gasteiger partial charge in [-0.1, -0.05) is 56.3 Å². The SMILES string of the molecule is CC(C)[C@@H](CCO)c1cccc(OCc2ccccc2)c1. The zero-order valence-corrected chi connectivity index (χ0v) is 12.8. The fourth-order valence-electron chi connectivity index (χ4n) is 2.60. The molecule has 0 radical (unpaired) electrons. The monoisotopic (exact) mass is 284 g/mol. The van der Waals surface area contributed by atoms with Gasteiger partial charge in [-0.05, 0) is 41.5 Å². The molecule has 0 fully saturated rings. The lowest BCUT2D eigenvalue weighted by Crippen LogP contribution is -2.09. The summed E-state index contributed by atoms with van der Waals surface area (Å²) in [5.41, 5.74) is 2.41. The number of hydrogen-bond acceptors (Lipinski definition) is 2. The van der Waals surface area contributed by atoms with Crippen LogP contribution in [0, 0.1) is 5.92 Å². The summed E-state index contributed by atoms with van der Waals surface area (Å²) in [6.45, 7) is 5.18. The zero-order valence-electron chi connectivity index (χ0n) is 12.8. The molecule has 0 aromatic heterocycles. The number of benzene rings is 2. The van der Waals surface area contributed by atoms with E-state index in [1.54, 1.807) is 0 Å². The van der Waals surface area contributed by atoms with E-state index in [1.165, 1.54) is 11.1 Å². The maximum atomic E-state index is 9.24. The largest absolute Gasteiger partial charge is 0.489 e. The van der Waals surface area contributed by atoms with Gasteiger partial charge in [-0.2, -0.15) is 0 Å². The molecule has 0 bridgehead atoms. The van der Waals surface area contributed by atoms with Crippen molar-refractivity contribution in [3.63, 3.8) is 0 Å². The van der Waals surface area contributed by atoms with E-state index in [4.69, 9.17) is 4.74 Å². The first-order valence-electron chi connectivity index (χ1n) is 7.58. The van der Waals surface area contributed by atoms with Crippen LogP contribution in [0.3, 0.4) is 0 Å². The fraction of sp³-hybridized carbons (Fsp3) is 0.368. The van der Waals surface area contributed by atoms with Crippen molar-refractivity contribution in [1.29, 1.82) is 0 Å². The van der Waals surface area contributed by atoms with E-state index < -0.39 is 0 Å². The summed E-state index contributed by atoms with van der Waals surface area (Å²) in [4.78, 5) is 0. The molecular formula is C19H24O2. The van der Waals surface area contributed by atoms with Crippen LogP contribution in [0.5, 0.6) is 5.75 Å². The molecule has 0 heterocycles. The minimum Gasteiger partial charge on any atom is -0.489 e. The lowest BCUT2D eigenvalue weighted by atomic mass is 9.86. The van der Waals surface area contributed by atoms with Gasteiger partial charge in [-0.25, -0.2) is 0 Å². The summed E-state index contributed by atoms with van der Waals surface area (Å²) in [7, 11) is 0. The van der Waals surface area contributed by atoms with Crippen molar-refractivity contribution in [2.75, 3.05) is 6.61 Å². The van der Waals surface area contributed by atoms with Gasteiger partial charge in [0, 0.05) is 6.61 Å². The average molecular weight is 284 g/mol. The maximum Gasteiger partial charge on any atom is 0.120 e. The second kappa shape index (κ2) is 7.84. The molecule has 0 aliphatic rings. The summed E-state index contributed by atoms with van der Waals surface area (Å²) in [5, 5.41) is 9.24. The Kier molecular flexibility index (Phi) is 5.82. The molecule has 2 rings (SSSR count). The summed E-state index contributed by atoms with van der Waals surface area (Å²) in [6, 6.07) is 18.4. The quantitative estimate of drug-likeness (QED) is 0.817. The van der Waals surface area contributed by atoms with Crippen LogP contribution in [-0.2, 0) is 6.61 Å². The lowest BCUT2D eigenvalue weighted by molar-refractivity contribution is 0.260. The molecule has 2 heteroatoms. The van der Waals surface area contributed by atoms with Gasteiger partial charge in [0.1, 0.15) is 12.4 Å². The molecule has 0 amide bonds. The predicted molar refractivity (Wildman–Crippen MR) is 86.5 cm³/mol. The van der Waals surface area contributed by atoms with Crippen molar-refractivity contribution in [3.05, 3.63) is 65.7 Å². The van der Waals surface area contributed by atoms with E-state index in [9.17, 15) is 5.11 Å². The molecule has 2 nitrogen and oxygen atoms in total. The van der Waals surface area contributed by atoms with Crippen molar-refractivity contribution in [2.45, 2.75) is 32.8 Å². The van der Waals surface area contributed by atoms with Crippen molar-refractivity contribution >= 4 is 0 Å². The highest BCUT2D eigenvalue weighted by molar-refractivity contribution is 5.31. The van der Waals surface area contributed by atoms with Gasteiger partial charge >= 0.3 is 0 Å². The number of rotatable bonds is 7. The molecule has 0 saturated heterocycles. The minimum atomic E-state index is 0.220. The number of aliphatic hydroxyl groups is 1. The Morgan fingerprint density at radius 3 is 2.43 bits per heavy atom.